The Labute approximate surface area is 109 Å². The molecule has 1 aromatic heterocycles. The van der Waals surface area contributed by atoms with Gasteiger partial charge < -0.3 is 10.0 Å². The second kappa shape index (κ2) is 5.43. The van der Waals surface area contributed by atoms with Crippen molar-refractivity contribution in [1.29, 1.82) is 0 Å². The Bertz CT molecular complexity index is 622. The van der Waals surface area contributed by atoms with Crippen LogP contribution in [0.15, 0.2) is 30.6 Å². The monoisotopic (exact) mass is 259 g/mol. The number of nitrogens with zero attached hydrogens (tertiary/aromatic N) is 3. The molecular weight excluding hydrogens is 246 g/mol. The van der Waals surface area contributed by atoms with Crippen LogP contribution in [0.2, 0.25) is 0 Å². The molecular formula is C13H13N3O3. The number of hydrogen-bond acceptors (Lipinski definition) is 4. The normalized spacial score (nSPS) is 10.4. The Morgan fingerprint density at radius 3 is 2.68 bits per heavy atom. The third-order valence-electron chi connectivity index (χ3n) is 2.72. The minimum atomic E-state index is -1.04. The Kier molecular flexibility index (Phi) is 3.70. The summed E-state index contributed by atoms with van der Waals surface area (Å²) in [4.78, 5) is 32.6. The smallest absolute Gasteiger partial charge is 0.323 e. The summed E-state index contributed by atoms with van der Waals surface area (Å²) < 4.78 is 0. The van der Waals surface area contributed by atoms with Gasteiger partial charge in [-0.05, 0) is 19.1 Å². The number of carbonyl (C=O) groups is 2. The van der Waals surface area contributed by atoms with Crippen LogP contribution in [-0.4, -0.2) is 44.9 Å². The van der Waals surface area contributed by atoms with Gasteiger partial charge in [0.25, 0.3) is 5.91 Å². The molecule has 0 fully saturated rings. The molecule has 0 bridgehead atoms. The molecule has 0 spiro atoms. The third-order valence-corrected chi connectivity index (χ3v) is 2.72. The van der Waals surface area contributed by atoms with E-state index in [0.29, 0.717) is 23.1 Å². The second-order valence-corrected chi connectivity index (χ2v) is 3.94. The van der Waals surface area contributed by atoms with E-state index in [-0.39, 0.29) is 12.5 Å². The van der Waals surface area contributed by atoms with Crippen LogP contribution >= 0.6 is 0 Å². The van der Waals surface area contributed by atoms with Gasteiger partial charge in [0, 0.05) is 18.9 Å². The van der Waals surface area contributed by atoms with E-state index >= 15 is 0 Å². The van der Waals surface area contributed by atoms with Gasteiger partial charge in [-0.3, -0.25) is 19.6 Å². The maximum absolute atomic E-state index is 12.3. The van der Waals surface area contributed by atoms with Crippen LogP contribution in [-0.2, 0) is 4.79 Å². The zero-order chi connectivity index (χ0) is 13.8. The van der Waals surface area contributed by atoms with E-state index in [2.05, 4.69) is 9.97 Å². The SMILES string of the molecule is CCN(CC(=O)O)C(=O)c1cccc2nccnc12. The lowest BCUT2D eigenvalue weighted by atomic mass is 10.1. The summed E-state index contributed by atoms with van der Waals surface area (Å²) in [6.07, 6.45) is 3.05. The Balaban J connectivity index is 2.43. The molecule has 1 N–H and O–H groups in total. The summed E-state index contributed by atoms with van der Waals surface area (Å²) in [5.74, 6) is -1.39. The topological polar surface area (TPSA) is 83.4 Å². The van der Waals surface area contributed by atoms with Gasteiger partial charge in [-0.1, -0.05) is 6.07 Å². The molecule has 0 atom stereocenters. The Hall–Kier alpha value is -2.50. The lowest BCUT2D eigenvalue weighted by Gasteiger charge is -2.18. The summed E-state index contributed by atoms with van der Waals surface area (Å²) >= 11 is 0. The van der Waals surface area contributed by atoms with Gasteiger partial charge in [0.1, 0.15) is 12.1 Å². The van der Waals surface area contributed by atoms with Gasteiger partial charge in [0.15, 0.2) is 0 Å². The lowest BCUT2D eigenvalue weighted by Crippen LogP contribution is -2.35. The summed E-state index contributed by atoms with van der Waals surface area (Å²) in [7, 11) is 0. The fourth-order valence-corrected chi connectivity index (χ4v) is 1.83. The van der Waals surface area contributed by atoms with Crippen molar-refractivity contribution in [1.82, 2.24) is 14.9 Å². The zero-order valence-electron chi connectivity index (χ0n) is 10.4. The maximum atomic E-state index is 12.3. The standard InChI is InChI=1S/C13H13N3O3/c1-2-16(8-11(17)18)13(19)9-4-3-5-10-12(9)15-7-6-14-10/h3-7H,2,8H2,1H3,(H,17,18). The molecule has 0 aliphatic rings. The van der Waals surface area contributed by atoms with E-state index in [4.69, 9.17) is 5.11 Å². The number of rotatable bonds is 4. The number of carboxylic acid groups (broad SMARTS) is 1. The molecule has 2 aromatic rings. The highest BCUT2D eigenvalue weighted by atomic mass is 16.4. The number of carbonyl (C=O) groups excluding carboxylic acids is 1. The molecule has 0 radical (unpaired) electrons. The van der Waals surface area contributed by atoms with Crippen LogP contribution < -0.4 is 0 Å². The summed E-state index contributed by atoms with van der Waals surface area (Å²) in [6, 6.07) is 5.09. The number of amides is 1. The van der Waals surface area contributed by atoms with Crippen molar-refractivity contribution in [3.8, 4) is 0 Å². The molecule has 0 saturated heterocycles. The Morgan fingerprint density at radius 2 is 2.00 bits per heavy atom. The molecule has 6 heteroatoms. The van der Waals surface area contributed by atoms with Gasteiger partial charge in [-0.2, -0.15) is 0 Å². The molecule has 0 aliphatic heterocycles. The van der Waals surface area contributed by atoms with Crippen LogP contribution in [0.25, 0.3) is 11.0 Å². The van der Waals surface area contributed by atoms with Crippen molar-refractivity contribution in [3.05, 3.63) is 36.2 Å². The second-order valence-electron chi connectivity index (χ2n) is 3.94. The van der Waals surface area contributed by atoms with Crippen molar-refractivity contribution in [2.24, 2.45) is 0 Å². The van der Waals surface area contributed by atoms with Crippen LogP contribution in [0.1, 0.15) is 17.3 Å². The predicted octanol–water partition coefficient (Wildman–Crippen LogP) is 1.18. The van der Waals surface area contributed by atoms with Crippen LogP contribution in [0, 0.1) is 0 Å². The van der Waals surface area contributed by atoms with E-state index in [1.807, 2.05) is 0 Å². The van der Waals surface area contributed by atoms with Gasteiger partial charge in [0.05, 0.1) is 11.1 Å². The highest BCUT2D eigenvalue weighted by molar-refractivity contribution is 6.05. The molecule has 0 unspecified atom stereocenters. The van der Waals surface area contributed by atoms with Crippen LogP contribution in [0.5, 0.6) is 0 Å². The molecule has 1 amide bonds. The number of carboxylic acids is 1. The first-order chi connectivity index (χ1) is 9.13. The number of fused-ring (bicyclic) bond motifs is 1. The highest BCUT2D eigenvalue weighted by Gasteiger charge is 2.19. The number of para-hydroxylation sites is 1. The van der Waals surface area contributed by atoms with E-state index in [9.17, 15) is 9.59 Å². The molecule has 98 valence electrons. The van der Waals surface area contributed by atoms with Crippen molar-refractivity contribution in [3.63, 3.8) is 0 Å². The summed E-state index contributed by atoms with van der Waals surface area (Å²) in [5, 5.41) is 8.80. The molecule has 1 heterocycles. The van der Waals surface area contributed by atoms with Crippen molar-refractivity contribution >= 4 is 22.9 Å². The van der Waals surface area contributed by atoms with Gasteiger partial charge in [-0.15, -0.1) is 0 Å². The fourth-order valence-electron chi connectivity index (χ4n) is 1.83. The molecule has 0 aliphatic carbocycles. The quantitative estimate of drug-likeness (QED) is 0.891. The molecule has 0 saturated carbocycles. The Morgan fingerprint density at radius 1 is 1.26 bits per heavy atom. The fraction of sp³-hybridized carbons (Fsp3) is 0.231. The first-order valence-electron chi connectivity index (χ1n) is 5.84. The van der Waals surface area contributed by atoms with E-state index in [1.165, 1.54) is 11.1 Å². The van der Waals surface area contributed by atoms with E-state index in [0.717, 1.165) is 0 Å². The molecule has 1 aromatic carbocycles. The van der Waals surface area contributed by atoms with Crippen molar-refractivity contribution in [2.75, 3.05) is 13.1 Å². The van der Waals surface area contributed by atoms with Gasteiger partial charge in [0.2, 0.25) is 0 Å². The van der Waals surface area contributed by atoms with Crippen LogP contribution in [0.4, 0.5) is 0 Å². The number of likely N-dealkylation sites (N-methyl/N-ethyl adjacent to an activating group) is 1. The first kappa shape index (κ1) is 12.9. The lowest BCUT2D eigenvalue weighted by molar-refractivity contribution is -0.137. The van der Waals surface area contributed by atoms with Crippen molar-refractivity contribution < 1.29 is 14.7 Å². The number of benzene rings is 1. The first-order valence-corrected chi connectivity index (χ1v) is 5.84. The average Bonchev–Trinajstić information content (AvgIpc) is 2.43. The van der Waals surface area contributed by atoms with Gasteiger partial charge in [-0.25, -0.2) is 0 Å². The minimum Gasteiger partial charge on any atom is -0.480 e. The number of aliphatic carboxylic acids is 1. The number of hydrogen-bond donors (Lipinski definition) is 1. The van der Waals surface area contributed by atoms with Crippen LogP contribution in [0.3, 0.4) is 0 Å². The maximum Gasteiger partial charge on any atom is 0.323 e. The van der Waals surface area contributed by atoms with E-state index < -0.39 is 5.97 Å². The highest BCUT2D eigenvalue weighted by Crippen LogP contribution is 2.15. The molecule has 6 nitrogen and oxygen atoms in total. The van der Waals surface area contributed by atoms with E-state index in [1.54, 1.807) is 31.3 Å². The largest absolute Gasteiger partial charge is 0.480 e. The van der Waals surface area contributed by atoms with Crippen molar-refractivity contribution in [2.45, 2.75) is 6.92 Å². The zero-order valence-corrected chi connectivity index (χ0v) is 10.4. The average molecular weight is 259 g/mol. The number of aromatic nitrogens is 2. The molecule has 19 heavy (non-hydrogen) atoms. The third kappa shape index (κ3) is 2.67. The minimum absolute atomic E-state index is 0.321. The van der Waals surface area contributed by atoms with Gasteiger partial charge >= 0.3 is 5.97 Å². The summed E-state index contributed by atoms with van der Waals surface area (Å²) in [5.41, 5.74) is 1.47. The molecule has 2 rings (SSSR count). The predicted molar refractivity (Wildman–Crippen MR) is 68.8 cm³/mol. The summed E-state index contributed by atoms with van der Waals surface area (Å²) in [6.45, 7) is 1.73.